The lowest BCUT2D eigenvalue weighted by molar-refractivity contribution is 0.415. The van der Waals surface area contributed by atoms with Gasteiger partial charge < -0.3 is 4.74 Å². The summed E-state index contributed by atoms with van der Waals surface area (Å²) in [6.45, 7) is 4.06. The molecule has 130 valence electrons. The highest BCUT2D eigenvalue weighted by Crippen LogP contribution is 2.33. The summed E-state index contributed by atoms with van der Waals surface area (Å²) >= 11 is 0. The highest BCUT2D eigenvalue weighted by Gasteiger charge is 2.26. The number of methoxy groups -OCH3 is 1. The van der Waals surface area contributed by atoms with Gasteiger partial charge in [0.25, 0.3) is 10.0 Å². The number of aryl methyl sites for hydroxylation is 1. The number of ether oxygens (including phenoxy) is 1. The average molecular weight is 355 g/mol. The summed E-state index contributed by atoms with van der Waals surface area (Å²) in [5.74, 6) is 0.539. The molecule has 3 rings (SSSR count). The minimum Gasteiger partial charge on any atom is -0.495 e. The molecule has 0 aliphatic rings. The molecule has 0 radical (unpaired) electrons. The largest absolute Gasteiger partial charge is 0.495 e. The Bertz CT molecular complexity index is 1010. The Morgan fingerprint density at radius 3 is 2.36 bits per heavy atom. The molecule has 0 saturated heterocycles. The second-order valence-corrected chi connectivity index (χ2v) is 7.72. The van der Waals surface area contributed by atoms with Crippen LogP contribution in [0.4, 0.5) is 5.69 Å². The van der Waals surface area contributed by atoms with Gasteiger partial charge in [-0.2, -0.15) is 0 Å². The second-order valence-electron chi connectivity index (χ2n) is 5.85. The third-order valence-corrected chi connectivity index (χ3v) is 6.08. The Labute approximate surface area is 148 Å². The first-order chi connectivity index (χ1) is 12.0. The zero-order chi connectivity index (χ0) is 18.0. The summed E-state index contributed by atoms with van der Waals surface area (Å²) in [5.41, 5.74) is 1.53. The van der Waals surface area contributed by atoms with Crippen molar-refractivity contribution in [2.75, 3.05) is 18.0 Å². The zero-order valence-corrected chi connectivity index (χ0v) is 15.4. The Morgan fingerprint density at radius 2 is 1.68 bits per heavy atom. The minimum atomic E-state index is -3.69. The molecular weight excluding hydrogens is 334 g/mol. The van der Waals surface area contributed by atoms with Crippen LogP contribution in [0.25, 0.3) is 10.8 Å². The number of sulfonamides is 1. The van der Waals surface area contributed by atoms with Crippen molar-refractivity contribution in [3.05, 3.63) is 66.2 Å². The molecule has 3 aromatic carbocycles. The first kappa shape index (κ1) is 17.3. The maximum Gasteiger partial charge on any atom is 0.264 e. The van der Waals surface area contributed by atoms with Crippen molar-refractivity contribution in [2.24, 2.45) is 0 Å². The number of nitrogens with zero attached hydrogens (tertiary/aromatic N) is 1. The van der Waals surface area contributed by atoms with Crippen LogP contribution in [0.2, 0.25) is 0 Å². The first-order valence-electron chi connectivity index (χ1n) is 8.13. The van der Waals surface area contributed by atoms with E-state index in [1.165, 1.54) is 4.31 Å². The van der Waals surface area contributed by atoms with Crippen LogP contribution < -0.4 is 9.04 Å². The summed E-state index contributed by atoms with van der Waals surface area (Å²) in [6, 6.07) is 18.5. The highest BCUT2D eigenvalue weighted by molar-refractivity contribution is 7.92. The molecule has 0 spiro atoms. The summed E-state index contributed by atoms with van der Waals surface area (Å²) in [5, 5.41) is 1.91. The van der Waals surface area contributed by atoms with Crippen molar-refractivity contribution in [1.82, 2.24) is 0 Å². The normalized spacial score (nSPS) is 11.5. The number of rotatable bonds is 5. The van der Waals surface area contributed by atoms with Crippen LogP contribution >= 0.6 is 0 Å². The Hall–Kier alpha value is -2.53. The lowest BCUT2D eigenvalue weighted by Gasteiger charge is -2.25. The van der Waals surface area contributed by atoms with E-state index in [-0.39, 0.29) is 4.90 Å². The lowest BCUT2D eigenvalue weighted by Crippen LogP contribution is -2.31. The Morgan fingerprint density at radius 1 is 0.960 bits per heavy atom. The standard InChI is InChI=1S/C20H21NO3S/c1-4-21(19-13-15(2)9-12-20(19)24-3)25(22,23)18-11-10-16-7-5-6-8-17(16)14-18/h5-14H,4H2,1-3H3. The van der Waals surface area contributed by atoms with Crippen molar-refractivity contribution in [3.63, 3.8) is 0 Å². The van der Waals surface area contributed by atoms with Gasteiger partial charge in [0, 0.05) is 6.54 Å². The van der Waals surface area contributed by atoms with Crippen LogP contribution in [-0.4, -0.2) is 22.1 Å². The van der Waals surface area contributed by atoms with Gasteiger partial charge in [0.1, 0.15) is 5.75 Å². The fraction of sp³-hybridized carbons (Fsp3) is 0.200. The van der Waals surface area contributed by atoms with E-state index >= 15 is 0 Å². The molecule has 0 aromatic heterocycles. The zero-order valence-electron chi connectivity index (χ0n) is 14.6. The van der Waals surface area contributed by atoms with Crippen molar-refractivity contribution in [3.8, 4) is 5.75 Å². The summed E-state index contributed by atoms with van der Waals surface area (Å²) in [7, 11) is -2.15. The van der Waals surface area contributed by atoms with Crippen LogP contribution in [0.3, 0.4) is 0 Å². The molecule has 0 aliphatic carbocycles. The van der Waals surface area contributed by atoms with Crippen molar-refractivity contribution in [1.29, 1.82) is 0 Å². The fourth-order valence-electron chi connectivity index (χ4n) is 2.92. The van der Waals surface area contributed by atoms with Crippen LogP contribution in [0.5, 0.6) is 5.75 Å². The third-order valence-electron chi connectivity index (χ3n) is 4.20. The van der Waals surface area contributed by atoms with E-state index in [0.29, 0.717) is 18.0 Å². The van der Waals surface area contributed by atoms with Gasteiger partial charge in [-0.3, -0.25) is 4.31 Å². The number of hydrogen-bond acceptors (Lipinski definition) is 3. The van der Waals surface area contributed by atoms with Gasteiger partial charge in [0.15, 0.2) is 0 Å². The van der Waals surface area contributed by atoms with Gasteiger partial charge in [-0.1, -0.05) is 36.4 Å². The van der Waals surface area contributed by atoms with Gasteiger partial charge in [-0.05, 0) is 54.4 Å². The summed E-state index contributed by atoms with van der Waals surface area (Å²) in [4.78, 5) is 0.275. The predicted molar refractivity (Wildman–Crippen MR) is 102 cm³/mol. The lowest BCUT2D eigenvalue weighted by atomic mass is 10.1. The molecular formula is C20H21NO3S. The topological polar surface area (TPSA) is 46.6 Å². The molecule has 5 heteroatoms. The maximum atomic E-state index is 13.3. The molecule has 0 bridgehead atoms. The van der Waals surface area contributed by atoms with Crippen LogP contribution in [0.15, 0.2) is 65.6 Å². The van der Waals surface area contributed by atoms with Crippen molar-refractivity contribution < 1.29 is 13.2 Å². The quantitative estimate of drug-likeness (QED) is 0.683. The van der Waals surface area contributed by atoms with Gasteiger partial charge in [0.05, 0.1) is 17.7 Å². The first-order valence-corrected chi connectivity index (χ1v) is 9.57. The number of fused-ring (bicyclic) bond motifs is 1. The average Bonchev–Trinajstić information content (AvgIpc) is 2.62. The van der Waals surface area contributed by atoms with Gasteiger partial charge in [0.2, 0.25) is 0 Å². The fourth-order valence-corrected chi connectivity index (χ4v) is 4.43. The minimum absolute atomic E-state index is 0.275. The Kier molecular flexibility index (Phi) is 4.68. The molecule has 0 aliphatic heterocycles. The van der Waals surface area contributed by atoms with Crippen LogP contribution in [0.1, 0.15) is 12.5 Å². The molecule has 0 amide bonds. The number of anilines is 1. The van der Waals surface area contributed by atoms with E-state index < -0.39 is 10.0 Å². The van der Waals surface area contributed by atoms with Crippen molar-refractivity contribution in [2.45, 2.75) is 18.7 Å². The van der Waals surface area contributed by atoms with Gasteiger partial charge >= 0.3 is 0 Å². The molecule has 0 fully saturated rings. The van der Waals surface area contributed by atoms with Gasteiger partial charge in [-0.25, -0.2) is 8.42 Å². The van der Waals surface area contributed by atoms with Crippen LogP contribution in [0, 0.1) is 6.92 Å². The van der Waals surface area contributed by atoms with Gasteiger partial charge in [-0.15, -0.1) is 0 Å². The van der Waals surface area contributed by atoms with E-state index in [2.05, 4.69) is 0 Å². The van der Waals surface area contributed by atoms with E-state index in [4.69, 9.17) is 4.74 Å². The third kappa shape index (κ3) is 3.20. The summed E-state index contributed by atoms with van der Waals surface area (Å²) in [6.07, 6.45) is 0. The smallest absolute Gasteiger partial charge is 0.264 e. The van der Waals surface area contributed by atoms with E-state index in [1.54, 1.807) is 25.3 Å². The molecule has 0 atom stereocenters. The molecule has 0 heterocycles. The van der Waals surface area contributed by atoms with Crippen LogP contribution in [-0.2, 0) is 10.0 Å². The van der Waals surface area contributed by atoms with E-state index in [1.807, 2.05) is 56.3 Å². The molecule has 25 heavy (non-hydrogen) atoms. The highest BCUT2D eigenvalue weighted by atomic mass is 32.2. The molecule has 0 N–H and O–H groups in total. The molecule has 0 saturated carbocycles. The second kappa shape index (κ2) is 6.76. The molecule has 4 nitrogen and oxygen atoms in total. The maximum absolute atomic E-state index is 13.3. The number of benzene rings is 3. The predicted octanol–water partition coefficient (Wildman–Crippen LogP) is 4.37. The summed E-state index contributed by atoms with van der Waals surface area (Å²) < 4.78 is 33.3. The Balaban J connectivity index is 2.14. The van der Waals surface area contributed by atoms with Crippen molar-refractivity contribution >= 4 is 26.5 Å². The SMILES string of the molecule is CCN(c1cc(C)ccc1OC)S(=O)(=O)c1ccc2ccccc2c1. The molecule has 0 unspecified atom stereocenters. The van der Waals surface area contributed by atoms with E-state index in [9.17, 15) is 8.42 Å². The molecule has 3 aromatic rings. The number of hydrogen-bond donors (Lipinski definition) is 0. The monoisotopic (exact) mass is 355 g/mol. The van der Waals surface area contributed by atoms with E-state index in [0.717, 1.165) is 16.3 Å².